The van der Waals surface area contributed by atoms with Gasteiger partial charge in [0.15, 0.2) is 0 Å². The van der Waals surface area contributed by atoms with Gasteiger partial charge in [-0.2, -0.15) is 12.7 Å². The van der Waals surface area contributed by atoms with Gasteiger partial charge >= 0.3 is 0 Å². The van der Waals surface area contributed by atoms with E-state index in [0.717, 1.165) is 38.8 Å². The molecule has 2 aliphatic rings. The first-order chi connectivity index (χ1) is 9.99. The Morgan fingerprint density at radius 1 is 1.24 bits per heavy atom. The van der Waals surface area contributed by atoms with Crippen molar-refractivity contribution in [2.75, 3.05) is 32.8 Å². The molecule has 0 aromatic rings. The summed E-state index contributed by atoms with van der Waals surface area (Å²) in [7, 11) is -3.38. The molecule has 2 fully saturated rings. The van der Waals surface area contributed by atoms with Crippen LogP contribution in [0, 0.1) is 5.92 Å². The average molecular weight is 319 g/mol. The van der Waals surface area contributed by atoms with Crippen LogP contribution in [0.25, 0.3) is 0 Å². The molecule has 0 saturated carbocycles. The van der Waals surface area contributed by atoms with Gasteiger partial charge in [0, 0.05) is 38.3 Å². The van der Waals surface area contributed by atoms with Crippen molar-refractivity contribution in [2.24, 2.45) is 5.92 Å². The van der Waals surface area contributed by atoms with Crippen LogP contribution in [0.4, 0.5) is 0 Å². The number of piperidine rings is 1. The van der Waals surface area contributed by atoms with Crippen molar-refractivity contribution in [3.8, 4) is 0 Å². The van der Waals surface area contributed by atoms with Crippen molar-refractivity contribution in [1.82, 2.24) is 14.3 Å². The lowest BCUT2D eigenvalue weighted by Crippen LogP contribution is -2.53. The van der Waals surface area contributed by atoms with E-state index in [1.165, 1.54) is 0 Å². The molecule has 2 aliphatic heterocycles. The fourth-order valence-electron chi connectivity index (χ4n) is 2.92. The SMILES string of the molecule is CC(C)NCC1CCCCN1S(=O)(=O)NCC1CCOC1. The standard InChI is InChI=1S/C14H29N3O3S/c1-12(2)15-10-14-5-3-4-7-17(14)21(18,19)16-9-13-6-8-20-11-13/h12-16H,3-11H2,1-2H3. The largest absolute Gasteiger partial charge is 0.381 e. The van der Waals surface area contributed by atoms with Crippen molar-refractivity contribution >= 4 is 10.2 Å². The predicted octanol–water partition coefficient (Wildman–Crippen LogP) is 0.710. The van der Waals surface area contributed by atoms with Gasteiger partial charge in [0.25, 0.3) is 10.2 Å². The first kappa shape index (κ1) is 17.1. The van der Waals surface area contributed by atoms with E-state index in [2.05, 4.69) is 23.9 Å². The molecule has 2 unspecified atom stereocenters. The van der Waals surface area contributed by atoms with Crippen molar-refractivity contribution in [2.45, 2.75) is 51.6 Å². The first-order valence-corrected chi connectivity index (χ1v) is 9.50. The zero-order chi connectivity index (χ0) is 15.3. The molecule has 2 N–H and O–H groups in total. The molecule has 0 bridgehead atoms. The number of ether oxygens (including phenoxy) is 1. The summed E-state index contributed by atoms with van der Waals surface area (Å²) in [6.07, 6.45) is 3.94. The van der Waals surface area contributed by atoms with Crippen molar-refractivity contribution in [1.29, 1.82) is 0 Å². The Bertz CT molecular complexity index is 408. The monoisotopic (exact) mass is 319 g/mol. The van der Waals surface area contributed by atoms with Crippen LogP contribution < -0.4 is 10.0 Å². The van der Waals surface area contributed by atoms with Crippen LogP contribution in [-0.4, -0.2) is 57.7 Å². The maximum absolute atomic E-state index is 12.5. The van der Waals surface area contributed by atoms with Gasteiger partial charge < -0.3 is 10.1 Å². The second-order valence-electron chi connectivity index (χ2n) is 6.41. The van der Waals surface area contributed by atoms with E-state index in [1.54, 1.807) is 4.31 Å². The second kappa shape index (κ2) is 7.87. The Labute approximate surface area is 128 Å². The van der Waals surface area contributed by atoms with E-state index >= 15 is 0 Å². The number of nitrogens with zero attached hydrogens (tertiary/aromatic N) is 1. The van der Waals surface area contributed by atoms with E-state index in [1.807, 2.05) is 0 Å². The topological polar surface area (TPSA) is 70.7 Å². The average Bonchev–Trinajstić information content (AvgIpc) is 2.97. The highest BCUT2D eigenvalue weighted by molar-refractivity contribution is 7.87. The lowest BCUT2D eigenvalue weighted by molar-refractivity contribution is 0.186. The molecular formula is C14H29N3O3S. The Morgan fingerprint density at radius 2 is 2.05 bits per heavy atom. The lowest BCUT2D eigenvalue weighted by Gasteiger charge is -2.35. The second-order valence-corrected chi connectivity index (χ2v) is 8.11. The van der Waals surface area contributed by atoms with Gasteiger partial charge in [-0.25, -0.2) is 4.72 Å². The molecule has 0 radical (unpaired) electrons. The number of hydrogen-bond donors (Lipinski definition) is 2. The molecule has 0 aliphatic carbocycles. The first-order valence-electron chi connectivity index (χ1n) is 8.06. The summed E-state index contributed by atoms with van der Waals surface area (Å²) in [4.78, 5) is 0. The maximum Gasteiger partial charge on any atom is 0.279 e. The fraction of sp³-hybridized carbons (Fsp3) is 1.00. The summed E-state index contributed by atoms with van der Waals surface area (Å²) in [5.74, 6) is 0.316. The predicted molar refractivity (Wildman–Crippen MR) is 83.3 cm³/mol. The molecule has 21 heavy (non-hydrogen) atoms. The minimum atomic E-state index is -3.38. The van der Waals surface area contributed by atoms with E-state index in [9.17, 15) is 8.42 Å². The maximum atomic E-state index is 12.5. The molecule has 2 rings (SSSR count). The Hall–Kier alpha value is -0.210. The molecule has 124 valence electrons. The van der Waals surface area contributed by atoms with Gasteiger partial charge in [-0.1, -0.05) is 20.3 Å². The van der Waals surface area contributed by atoms with Crippen LogP contribution in [0.2, 0.25) is 0 Å². The number of rotatable bonds is 7. The normalized spacial score (nSPS) is 28.3. The summed E-state index contributed by atoms with van der Waals surface area (Å²) in [6, 6.07) is 0.443. The molecule has 2 atom stereocenters. The minimum Gasteiger partial charge on any atom is -0.381 e. The third-order valence-electron chi connectivity index (χ3n) is 4.22. The van der Waals surface area contributed by atoms with Crippen LogP contribution in [0.5, 0.6) is 0 Å². The van der Waals surface area contributed by atoms with Crippen LogP contribution in [0.15, 0.2) is 0 Å². The van der Waals surface area contributed by atoms with Gasteiger partial charge in [0.1, 0.15) is 0 Å². The van der Waals surface area contributed by atoms with Gasteiger partial charge in [0.05, 0.1) is 6.61 Å². The highest BCUT2D eigenvalue weighted by Crippen LogP contribution is 2.20. The summed E-state index contributed by atoms with van der Waals surface area (Å²) in [5, 5.41) is 3.36. The third-order valence-corrected chi connectivity index (χ3v) is 5.85. The zero-order valence-corrected chi connectivity index (χ0v) is 14.0. The Kier molecular flexibility index (Phi) is 6.43. The van der Waals surface area contributed by atoms with E-state index in [-0.39, 0.29) is 6.04 Å². The summed E-state index contributed by atoms with van der Waals surface area (Å²) >= 11 is 0. The summed E-state index contributed by atoms with van der Waals surface area (Å²) < 4.78 is 34.8. The highest BCUT2D eigenvalue weighted by atomic mass is 32.2. The van der Waals surface area contributed by atoms with E-state index in [0.29, 0.717) is 31.7 Å². The molecule has 7 heteroatoms. The number of hydrogen-bond acceptors (Lipinski definition) is 4. The Balaban J connectivity index is 1.90. The van der Waals surface area contributed by atoms with Gasteiger partial charge in [-0.05, 0) is 25.2 Å². The summed E-state index contributed by atoms with van der Waals surface area (Å²) in [6.45, 7) is 7.42. The smallest absolute Gasteiger partial charge is 0.279 e. The molecule has 0 spiro atoms. The van der Waals surface area contributed by atoms with Gasteiger partial charge in [0.2, 0.25) is 0 Å². The molecule has 2 saturated heterocycles. The molecular weight excluding hydrogens is 290 g/mol. The van der Waals surface area contributed by atoms with Crippen molar-refractivity contribution < 1.29 is 13.2 Å². The summed E-state index contributed by atoms with van der Waals surface area (Å²) in [5.41, 5.74) is 0. The Morgan fingerprint density at radius 3 is 2.71 bits per heavy atom. The van der Waals surface area contributed by atoms with Crippen molar-refractivity contribution in [3.05, 3.63) is 0 Å². The van der Waals surface area contributed by atoms with Crippen LogP contribution in [0.3, 0.4) is 0 Å². The van der Waals surface area contributed by atoms with Crippen LogP contribution in [0.1, 0.15) is 39.5 Å². The van der Waals surface area contributed by atoms with Gasteiger partial charge in [-0.15, -0.1) is 0 Å². The highest BCUT2D eigenvalue weighted by Gasteiger charge is 2.32. The van der Waals surface area contributed by atoms with E-state index in [4.69, 9.17) is 4.74 Å². The molecule has 6 nitrogen and oxygen atoms in total. The fourth-order valence-corrected chi connectivity index (χ4v) is 4.47. The third kappa shape index (κ3) is 5.17. The minimum absolute atomic E-state index is 0.0680. The van der Waals surface area contributed by atoms with Crippen molar-refractivity contribution in [3.63, 3.8) is 0 Å². The molecule has 0 aromatic carbocycles. The van der Waals surface area contributed by atoms with Crippen LogP contribution in [-0.2, 0) is 14.9 Å². The molecule has 0 amide bonds. The molecule has 0 aromatic heterocycles. The quantitative estimate of drug-likeness (QED) is 0.725. The van der Waals surface area contributed by atoms with E-state index < -0.39 is 10.2 Å². The zero-order valence-electron chi connectivity index (χ0n) is 13.2. The van der Waals surface area contributed by atoms with Crippen LogP contribution >= 0.6 is 0 Å². The van der Waals surface area contributed by atoms with Gasteiger partial charge in [-0.3, -0.25) is 0 Å². The lowest BCUT2D eigenvalue weighted by atomic mass is 10.0. The molecule has 2 heterocycles. The number of nitrogens with one attached hydrogen (secondary N) is 2.